The van der Waals surface area contributed by atoms with Gasteiger partial charge in [0.2, 0.25) is 0 Å². The van der Waals surface area contributed by atoms with Crippen LogP contribution < -0.4 is 10.2 Å². The maximum absolute atomic E-state index is 8.89. The zero-order valence-electron chi connectivity index (χ0n) is 8.82. The van der Waals surface area contributed by atoms with Crippen molar-refractivity contribution in [2.24, 2.45) is 0 Å². The van der Waals surface area contributed by atoms with Crippen molar-refractivity contribution in [3.63, 3.8) is 0 Å². The summed E-state index contributed by atoms with van der Waals surface area (Å²) in [6.45, 7) is 3.85. The maximum Gasteiger partial charge on any atom is 2.00 e. The SMILES string of the molecule is CC(=O)[O-].CC(=O)[O-].CCCC(O)O.[Cu+2]. The molecule has 0 aromatic heterocycles. The van der Waals surface area contributed by atoms with E-state index in [1.807, 2.05) is 6.92 Å². The standard InChI is InChI=1S/C4H10O2.2C2H4O2.Cu/c1-2-3-4(5)6;2*1-2(3)4;/h4-6H,2-3H2,1H3;2*1H3,(H,3,4);/q;;;+2/p-2. The average molecular weight is 272 g/mol. The van der Waals surface area contributed by atoms with Crippen LogP contribution in [0.2, 0.25) is 0 Å². The number of aliphatic carboxylic acids is 2. The molecule has 0 unspecified atom stereocenters. The molecule has 6 nitrogen and oxygen atoms in total. The van der Waals surface area contributed by atoms with E-state index in [2.05, 4.69) is 0 Å². The van der Waals surface area contributed by atoms with Crippen LogP contribution in [0.1, 0.15) is 33.6 Å². The molecule has 7 heteroatoms. The summed E-state index contributed by atoms with van der Waals surface area (Å²) in [4.78, 5) is 17.8. The van der Waals surface area contributed by atoms with Gasteiger partial charge in [0.15, 0.2) is 6.29 Å². The molecule has 0 aromatic rings. The van der Waals surface area contributed by atoms with Crippen LogP contribution in [0, 0.1) is 0 Å². The predicted octanol–water partition coefficient (Wildman–Crippen LogP) is -2.39. The summed E-state index contributed by atoms with van der Waals surface area (Å²) in [5.74, 6) is -2.17. The Kier molecular flexibility index (Phi) is 30.3. The Morgan fingerprint density at radius 3 is 1.33 bits per heavy atom. The van der Waals surface area contributed by atoms with Gasteiger partial charge in [-0.2, -0.15) is 0 Å². The van der Waals surface area contributed by atoms with E-state index in [1.165, 1.54) is 0 Å². The summed E-state index contributed by atoms with van der Waals surface area (Å²) in [6, 6.07) is 0. The van der Waals surface area contributed by atoms with Crippen molar-refractivity contribution in [1.82, 2.24) is 0 Å². The third-order valence-corrected chi connectivity index (χ3v) is 0.547. The molecular weight excluding hydrogens is 256 g/mol. The van der Waals surface area contributed by atoms with Crippen LogP contribution in [0.25, 0.3) is 0 Å². The van der Waals surface area contributed by atoms with E-state index >= 15 is 0 Å². The molecule has 0 atom stereocenters. The number of carbonyl (C=O) groups is 2. The first-order chi connectivity index (χ1) is 6.23. The van der Waals surface area contributed by atoms with Crippen molar-refractivity contribution in [1.29, 1.82) is 0 Å². The second kappa shape index (κ2) is 19.0. The molecule has 0 fully saturated rings. The Bertz CT molecular complexity index is 128. The Hall–Kier alpha value is -0.621. The van der Waals surface area contributed by atoms with Crippen LogP contribution >= 0.6 is 0 Å². The molecule has 0 heterocycles. The second-order valence-corrected chi connectivity index (χ2v) is 2.25. The van der Waals surface area contributed by atoms with Gasteiger partial charge < -0.3 is 30.0 Å². The van der Waals surface area contributed by atoms with Gasteiger partial charge in [-0.05, 0) is 20.3 Å². The zero-order chi connectivity index (χ0) is 12.1. The van der Waals surface area contributed by atoms with Crippen LogP contribution in [-0.2, 0) is 26.7 Å². The molecule has 15 heavy (non-hydrogen) atoms. The number of rotatable bonds is 2. The van der Waals surface area contributed by atoms with Crippen LogP contribution in [0.15, 0.2) is 0 Å². The smallest absolute Gasteiger partial charge is 0.550 e. The molecule has 0 spiro atoms. The third-order valence-electron chi connectivity index (χ3n) is 0.547. The van der Waals surface area contributed by atoms with E-state index < -0.39 is 18.2 Å². The molecular formula is C8H16CuO6. The van der Waals surface area contributed by atoms with Gasteiger partial charge in [-0.3, -0.25) is 0 Å². The number of carboxylic acids is 2. The van der Waals surface area contributed by atoms with E-state index in [1.54, 1.807) is 0 Å². The molecule has 95 valence electrons. The maximum atomic E-state index is 8.89. The molecule has 0 aromatic carbocycles. The number of aliphatic hydroxyl groups is 2. The Morgan fingerprint density at radius 2 is 1.33 bits per heavy atom. The molecule has 2 N–H and O–H groups in total. The first-order valence-electron chi connectivity index (χ1n) is 3.95. The van der Waals surface area contributed by atoms with Gasteiger partial charge in [0.05, 0.1) is 0 Å². The van der Waals surface area contributed by atoms with Crippen molar-refractivity contribution in [3.8, 4) is 0 Å². The third kappa shape index (κ3) is 306. The Labute approximate surface area is 99.4 Å². The largest absolute Gasteiger partial charge is 2.00 e. The van der Waals surface area contributed by atoms with E-state index in [0.29, 0.717) is 6.42 Å². The van der Waals surface area contributed by atoms with E-state index in [9.17, 15) is 0 Å². The second-order valence-electron chi connectivity index (χ2n) is 2.25. The molecule has 0 saturated heterocycles. The quantitative estimate of drug-likeness (QED) is 0.427. The average Bonchev–Trinajstić information content (AvgIpc) is 1.82. The first-order valence-corrected chi connectivity index (χ1v) is 3.95. The summed E-state index contributed by atoms with van der Waals surface area (Å²) in [5, 5.41) is 34.0. The van der Waals surface area contributed by atoms with Crippen LogP contribution in [0.3, 0.4) is 0 Å². The zero-order valence-corrected chi connectivity index (χ0v) is 9.76. The fraction of sp³-hybridized carbons (Fsp3) is 0.750. The molecule has 0 aliphatic heterocycles. The monoisotopic (exact) mass is 271 g/mol. The van der Waals surface area contributed by atoms with Gasteiger partial charge in [-0.15, -0.1) is 0 Å². The number of hydrogen-bond donors (Lipinski definition) is 2. The van der Waals surface area contributed by atoms with Crippen molar-refractivity contribution in [2.45, 2.75) is 39.9 Å². The van der Waals surface area contributed by atoms with Crippen molar-refractivity contribution in [2.75, 3.05) is 0 Å². The van der Waals surface area contributed by atoms with Gasteiger partial charge >= 0.3 is 17.1 Å². The fourth-order valence-electron chi connectivity index (χ4n) is 0.258. The van der Waals surface area contributed by atoms with E-state index in [-0.39, 0.29) is 17.1 Å². The van der Waals surface area contributed by atoms with Crippen molar-refractivity contribution >= 4 is 11.9 Å². The Balaban J connectivity index is -0.0000000606. The predicted molar refractivity (Wildman–Crippen MR) is 44.5 cm³/mol. The fourth-order valence-corrected chi connectivity index (χ4v) is 0.258. The first kappa shape index (κ1) is 23.9. The molecule has 0 aliphatic rings. The molecule has 0 saturated carbocycles. The summed E-state index contributed by atoms with van der Waals surface area (Å²) in [6.07, 6.45) is 0.215. The molecule has 0 rings (SSSR count). The van der Waals surface area contributed by atoms with Crippen LogP contribution in [0.5, 0.6) is 0 Å². The topological polar surface area (TPSA) is 121 Å². The minimum Gasteiger partial charge on any atom is -0.550 e. The van der Waals surface area contributed by atoms with Crippen LogP contribution in [-0.4, -0.2) is 28.4 Å². The number of carboxylic acid groups (broad SMARTS) is 2. The van der Waals surface area contributed by atoms with E-state index in [4.69, 9.17) is 30.0 Å². The van der Waals surface area contributed by atoms with Gasteiger partial charge in [0, 0.05) is 11.9 Å². The summed E-state index contributed by atoms with van der Waals surface area (Å²) >= 11 is 0. The molecule has 0 amide bonds. The van der Waals surface area contributed by atoms with Crippen LogP contribution in [0.4, 0.5) is 0 Å². The molecule has 0 bridgehead atoms. The van der Waals surface area contributed by atoms with Crippen molar-refractivity contribution in [3.05, 3.63) is 0 Å². The van der Waals surface area contributed by atoms with Gasteiger partial charge in [0.25, 0.3) is 0 Å². The summed E-state index contributed by atoms with van der Waals surface area (Å²) in [7, 11) is 0. The van der Waals surface area contributed by atoms with Crippen molar-refractivity contribution < 1.29 is 47.1 Å². The minimum absolute atomic E-state index is 0. The number of hydrogen-bond acceptors (Lipinski definition) is 6. The van der Waals surface area contributed by atoms with Gasteiger partial charge in [-0.1, -0.05) is 13.3 Å². The minimum atomic E-state index is -1.10. The summed E-state index contributed by atoms with van der Waals surface area (Å²) in [5.41, 5.74) is 0. The van der Waals surface area contributed by atoms with E-state index in [0.717, 1.165) is 20.3 Å². The summed E-state index contributed by atoms with van der Waals surface area (Å²) < 4.78 is 0. The Morgan fingerprint density at radius 1 is 1.13 bits per heavy atom. The van der Waals surface area contributed by atoms with Gasteiger partial charge in [-0.25, -0.2) is 0 Å². The molecule has 1 radical (unpaired) electrons. The number of carbonyl (C=O) groups excluding carboxylic acids is 2. The molecule has 0 aliphatic carbocycles. The normalized spacial score (nSPS) is 7.33. The number of aliphatic hydroxyl groups excluding tert-OH is 1. The van der Waals surface area contributed by atoms with Gasteiger partial charge in [0.1, 0.15) is 0 Å².